The monoisotopic (exact) mass is 496 g/mol. The van der Waals surface area contributed by atoms with E-state index in [0.717, 1.165) is 22.8 Å². The summed E-state index contributed by atoms with van der Waals surface area (Å²) in [4.78, 5) is 17.5. The molecule has 2 aromatic carbocycles. The molecule has 35 heavy (non-hydrogen) atoms. The Hall–Kier alpha value is -3.86. The van der Waals surface area contributed by atoms with Crippen LogP contribution in [0.3, 0.4) is 0 Å². The fourth-order valence-electron chi connectivity index (χ4n) is 3.23. The molecule has 0 N–H and O–H groups in total. The van der Waals surface area contributed by atoms with Crippen molar-refractivity contribution < 1.29 is 47.7 Å². The summed E-state index contributed by atoms with van der Waals surface area (Å²) >= 11 is 0. The van der Waals surface area contributed by atoms with Crippen molar-refractivity contribution in [2.24, 2.45) is 0 Å². The molecule has 0 aliphatic carbocycles. The third-order valence-corrected chi connectivity index (χ3v) is 4.84. The second kappa shape index (κ2) is 11.5. The van der Waals surface area contributed by atoms with Crippen LogP contribution < -0.4 is 32.7 Å². The first-order valence-electron chi connectivity index (χ1n) is 10.1. The Morgan fingerprint density at radius 3 is 1.83 bits per heavy atom. The van der Waals surface area contributed by atoms with E-state index in [1.54, 1.807) is 44.7 Å². The van der Waals surface area contributed by atoms with Crippen LogP contribution in [0.25, 0.3) is 17.1 Å². The van der Waals surface area contributed by atoms with Crippen LogP contribution in [0.2, 0.25) is 0 Å². The van der Waals surface area contributed by atoms with Crippen molar-refractivity contribution in [3.05, 3.63) is 102 Å². The second-order valence-corrected chi connectivity index (χ2v) is 7.78. The zero-order valence-corrected chi connectivity index (χ0v) is 19.5. The SMILES string of the molecule is COc1ccc(C(=O)c2ccc(-c3ccc(OC)cc3)[n+](-c3ccccn3)c2)cc1.[O-][Cl+3]([O-])([O-])[O-]. The van der Waals surface area contributed by atoms with Crippen molar-refractivity contribution in [2.75, 3.05) is 14.2 Å². The topological polar surface area (TPSA) is 145 Å². The molecule has 0 radical (unpaired) electrons. The number of carbonyl (C=O) groups is 1. The van der Waals surface area contributed by atoms with Gasteiger partial charge in [-0.3, -0.25) is 4.79 Å². The number of halogens is 1. The predicted molar refractivity (Wildman–Crippen MR) is 114 cm³/mol. The van der Waals surface area contributed by atoms with Gasteiger partial charge in [0.15, 0.2) is 5.78 Å². The van der Waals surface area contributed by atoms with Gasteiger partial charge in [0.2, 0.25) is 0 Å². The zero-order chi connectivity index (χ0) is 25.4. The van der Waals surface area contributed by atoms with Crippen molar-refractivity contribution >= 4 is 5.78 Å². The molecule has 0 unspecified atom stereocenters. The molecular formula is C25H21ClN2O7. The number of pyridine rings is 2. The maximum absolute atomic E-state index is 13.1. The standard InChI is InChI=1S/C25H21N2O3.ClHO4/c1-29-21-11-6-18(7-12-21)23-15-10-20(17-27(23)24-5-3-4-16-26-24)25(28)19-8-13-22(30-2)14-9-19;2-1(3,4)5/h3-17H,1-2H3;(H,2,3,4,5)/q+1;/p-1. The van der Waals surface area contributed by atoms with E-state index in [1.165, 1.54) is 0 Å². The summed E-state index contributed by atoms with van der Waals surface area (Å²) in [5.74, 6) is 2.16. The highest BCUT2D eigenvalue weighted by atomic mass is 35.7. The van der Waals surface area contributed by atoms with Crippen molar-refractivity contribution in [2.45, 2.75) is 0 Å². The van der Waals surface area contributed by atoms with Gasteiger partial charge in [-0.2, -0.15) is 4.57 Å². The van der Waals surface area contributed by atoms with Crippen molar-refractivity contribution in [3.8, 4) is 28.6 Å². The molecule has 9 nitrogen and oxygen atoms in total. The normalized spacial score (nSPS) is 10.7. The number of nitrogens with zero attached hydrogens (tertiary/aromatic N) is 2. The summed E-state index contributed by atoms with van der Waals surface area (Å²) in [5.41, 5.74) is 3.08. The lowest BCUT2D eigenvalue weighted by molar-refractivity contribution is -2.00. The van der Waals surface area contributed by atoms with Crippen LogP contribution in [0.4, 0.5) is 0 Å². The third kappa shape index (κ3) is 7.31. The highest BCUT2D eigenvalue weighted by molar-refractivity contribution is 6.08. The highest BCUT2D eigenvalue weighted by Gasteiger charge is 2.19. The van der Waals surface area contributed by atoms with Gasteiger partial charge in [-0.15, -0.1) is 10.2 Å². The Morgan fingerprint density at radius 1 is 0.771 bits per heavy atom. The van der Waals surface area contributed by atoms with Gasteiger partial charge >= 0.3 is 5.82 Å². The maximum atomic E-state index is 13.1. The van der Waals surface area contributed by atoms with Gasteiger partial charge in [-0.05, 0) is 71.7 Å². The number of hydrogen-bond acceptors (Lipinski definition) is 8. The second-order valence-electron chi connectivity index (χ2n) is 7.03. The Morgan fingerprint density at radius 2 is 1.31 bits per heavy atom. The van der Waals surface area contributed by atoms with Gasteiger partial charge in [0.05, 0.1) is 19.8 Å². The molecule has 0 atom stereocenters. The Kier molecular flexibility index (Phi) is 8.48. The Balaban J connectivity index is 0.000000623. The minimum Gasteiger partial charge on any atom is -0.497 e. The summed E-state index contributed by atoms with van der Waals surface area (Å²) in [6.07, 6.45) is 3.56. The summed E-state index contributed by atoms with van der Waals surface area (Å²) < 4.78 is 46.3. The van der Waals surface area contributed by atoms with Gasteiger partial charge in [0.1, 0.15) is 29.6 Å². The number of ether oxygens (including phenoxy) is 2. The van der Waals surface area contributed by atoms with Gasteiger partial charge in [0.25, 0.3) is 0 Å². The maximum Gasteiger partial charge on any atom is 0.327 e. The molecule has 4 rings (SSSR count). The summed E-state index contributed by atoms with van der Waals surface area (Å²) in [5, 5.41) is 0. The quantitative estimate of drug-likeness (QED) is 0.257. The molecule has 2 aromatic heterocycles. The van der Waals surface area contributed by atoms with Crippen LogP contribution >= 0.6 is 0 Å². The van der Waals surface area contributed by atoms with E-state index in [4.69, 9.17) is 28.1 Å². The van der Waals surface area contributed by atoms with Gasteiger partial charge in [-0.25, -0.2) is 18.6 Å². The lowest BCUT2D eigenvalue weighted by Crippen LogP contribution is -2.68. The first-order chi connectivity index (χ1) is 16.7. The molecular weight excluding hydrogens is 476 g/mol. The van der Waals surface area contributed by atoms with Crippen LogP contribution in [0.5, 0.6) is 11.5 Å². The smallest absolute Gasteiger partial charge is 0.327 e. The summed E-state index contributed by atoms with van der Waals surface area (Å²) in [7, 11) is -1.70. The number of benzene rings is 2. The summed E-state index contributed by atoms with van der Waals surface area (Å²) in [6.45, 7) is 0. The Bertz CT molecular complexity index is 1250. The fraction of sp³-hybridized carbons (Fsp3) is 0.0800. The molecule has 0 bridgehead atoms. The Labute approximate surface area is 203 Å². The van der Waals surface area contributed by atoms with Crippen molar-refractivity contribution in [3.63, 3.8) is 0 Å². The average Bonchev–Trinajstić information content (AvgIpc) is 2.87. The van der Waals surface area contributed by atoms with E-state index in [1.807, 2.05) is 65.4 Å². The molecule has 0 fully saturated rings. The molecule has 10 heteroatoms. The van der Waals surface area contributed by atoms with Crippen LogP contribution in [-0.2, 0) is 0 Å². The average molecular weight is 497 g/mol. The number of ketones is 1. The van der Waals surface area contributed by atoms with E-state index in [9.17, 15) is 4.79 Å². The van der Waals surface area contributed by atoms with Gasteiger partial charge in [0, 0.05) is 17.2 Å². The van der Waals surface area contributed by atoms with Crippen molar-refractivity contribution in [1.82, 2.24) is 4.98 Å². The van der Waals surface area contributed by atoms with E-state index in [2.05, 4.69) is 4.98 Å². The van der Waals surface area contributed by atoms with E-state index < -0.39 is 10.2 Å². The van der Waals surface area contributed by atoms with Crippen molar-refractivity contribution in [1.29, 1.82) is 0 Å². The molecule has 180 valence electrons. The molecule has 4 aromatic rings. The van der Waals surface area contributed by atoms with E-state index >= 15 is 0 Å². The number of methoxy groups -OCH3 is 2. The van der Waals surface area contributed by atoms with Crippen LogP contribution in [0, 0.1) is 10.2 Å². The molecule has 2 heterocycles. The minimum atomic E-state index is -4.94. The zero-order valence-electron chi connectivity index (χ0n) is 18.8. The molecule has 0 aliphatic heterocycles. The van der Waals surface area contributed by atoms with E-state index in [0.29, 0.717) is 16.9 Å². The number of hydrogen-bond donors (Lipinski definition) is 0. The molecule has 0 saturated heterocycles. The third-order valence-electron chi connectivity index (χ3n) is 4.84. The number of carbonyl (C=O) groups excluding carboxylic acids is 1. The fourth-order valence-corrected chi connectivity index (χ4v) is 3.23. The van der Waals surface area contributed by atoms with Crippen LogP contribution in [-0.4, -0.2) is 25.0 Å². The lowest BCUT2D eigenvalue weighted by atomic mass is 10.0. The minimum absolute atomic E-state index is 0.0661. The molecule has 0 aliphatic rings. The largest absolute Gasteiger partial charge is 0.497 e. The van der Waals surface area contributed by atoms with Gasteiger partial charge in [-0.1, -0.05) is 6.07 Å². The first kappa shape index (κ1) is 25.8. The summed E-state index contributed by atoms with van der Waals surface area (Å²) in [6, 6.07) is 24.4. The molecule has 0 amide bonds. The number of aromatic nitrogens is 2. The first-order valence-corrected chi connectivity index (χ1v) is 11.3. The molecule has 0 spiro atoms. The van der Waals surface area contributed by atoms with Crippen LogP contribution in [0.1, 0.15) is 15.9 Å². The predicted octanol–water partition coefficient (Wildman–Crippen LogP) is -0.482. The molecule has 0 saturated carbocycles. The number of rotatable bonds is 6. The lowest BCUT2D eigenvalue weighted by Gasteiger charge is -2.17. The van der Waals surface area contributed by atoms with Gasteiger partial charge < -0.3 is 9.47 Å². The van der Waals surface area contributed by atoms with Crippen LogP contribution in [0.15, 0.2) is 91.3 Å². The highest BCUT2D eigenvalue weighted by Crippen LogP contribution is 2.22. The van der Waals surface area contributed by atoms with E-state index in [-0.39, 0.29) is 5.78 Å².